The van der Waals surface area contributed by atoms with Gasteiger partial charge in [-0.25, -0.2) is 0 Å². The predicted molar refractivity (Wildman–Crippen MR) is 590 cm³/mol. The molecule has 0 bridgehead atoms. The van der Waals surface area contributed by atoms with E-state index in [0.717, 1.165) is 160 Å². The first-order chi connectivity index (χ1) is 65.8. The maximum atomic E-state index is 3.43. The molecule has 0 amide bonds. The van der Waals surface area contributed by atoms with Crippen molar-refractivity contribution in [3.63, 3.8) is 0 Å². The van der Waals surface area contributed by atoms with Crippen molar-refractivity contribution in [2.24, 2.45) is 136 Å². The Kier molecular flexibility index (Phi) is 56.9. The van der Waals surface area contributed by atoms with Gasteiger partial charge in [0.1, 0.15) is 0 Å². The normalized spacial score (nSPS) is 35.2. The number of piperidine rings is 3. The number of likely N-dealkylation sites (tertiary alicyclic amines) is 9. The Morgan fingerprint density at radius 2 is 0.296 bits per heavy atom. The molecule has 9 saturated heterocycles. The number of nitrogens with zero attached hydrogens (tertiary/aromatic N) is 9. The van der Waals surface area contributed by atoms with Gasteiger partial charge in [-0.3, -0.25) is 0 Å². The van der Waals surface area contributed by atoms with Gasteiger partial charge in [-0.1, -0.05) is 213 Å². The number of nitrogens with one attached hydrogen (secondary N) is 4. The van der Waals surface area contributed by atoms with E-state index in [-0.39, 0.29) is 0 Å². The van der Waals surface area contributed by atoms with Gasteiger partial charge in [-0.05, 0) is 429 Å². The lowest BCUT2D eigenvalue weighted by molar-refractivity contribution is 0.0430. The van der Waals surface area contributed by atoms with Crippen LogP contribution in [0, 0.1) is 136 Å². The zero-order valence-corrected chi connectivity index (χ0v) is 94.1. The molecule has 18 rings (SSSR count). The van der Waals surface area contributed by atoms with E-state index < -0.39 is 0 Å². The van der Waals surface area contributed by atoms with E-state index in [2.05, 4.69) is 190 Å². The van der Waals surface area contributed by atoms with Gasteiger partial charge in [0.25, 0.3) is 0 Å². The standard InChI is InChI=1S/C16H31N.C15H29N.C14H28N2.C14H27N.2C13H26N2.C13H25N.C12H24N2.C12H23N/c1-3-14-5-7-16(8-6-14)13-17-11-9-15(4-2)10-12-17;1-3-13-5-7-15(8-6-13)12-16-10-9-14(4-2)11-16;1-3-12-6-8-16(9-7-12)11-13-4-5-14(10-13)15-2;1-3-12-5-7-15(8-6-12)11-14-9-13(4-2)10-14;1-3-11-8-15(9-11)10-12-4-6-13(14-2)7-5-12;1-3-11-6-7-15(9-11)10-12-4-5-13(8-12)14-2;1-3-11-5-6-14(9-11)10-13-7-12(4-2)8-13;1-3-10-7-14(8-10)9-11-4-5-12(6-11)13-2;1-3-10-5-12(6-10)9-13-7-11(4-2)8-13/h14-16H,3-13H2,1-2H3;13-15H,3-12H2,1-2H3;12-15H,3-11H2,1-2H3;12-14H,3-11H2,1-2H3;2*11-14H,3-10H2,1-2H3;11-13H,3-10H2,1-2H3;10-13H,3-9H2,1-2H3;10-12H,3-9H2,1-2H3. The van der Waals surface area contributed by atoms with Crippen LogP contribution in [0.3, 0.4) is 0 Å². The van der Waals surface area contributed by atoms with E-state index in [4.69, 9.17) is 0 Å². The highest BCUT2D eigenvalue weighted by atomic mass is 15.2. The van der Waals surface area contributed by atoms with Crippen LogP contribution in [0.2, 0.25) is 0 Å². The van der Waals surface area contributed by atoms with Crippen molar-refractivity contribution in [3.8, 4) is 0 Å². The number of hydrogen-bond acceptors (Lipinski definition) is 13. The van der Waals surface area contributed by atoms with Gasteiger partial charge in [0.15, 0.2) is 0 Å². The van der Waals surface area contributed by atoms with E-state index in [1.807, 2.05) is 0 Å². The molecule has 9 heterocycles. The molecule has 135 heavy (non-hydrogen) atoms. The minimum atomic E-state index is 0.804. The summed E-state index contributed by atoms with van der Waals surface area (Å²) in [5, 5.41) is 13.7. The minimum Gasteiger partial charge on any atom is -0.317 e. The van der Waals surface area contributed by atoms with Crippen LogP contribution in [0.4, 0.5) is 0 Å². The average Bonchev–Trinajstić information content (AvgIpc) is 1.58. The first kappa shape index (κ1) is 116. The third-order valence-corrected chi connectivity index (χ3v) is 41.1. The second kappa shape index (κ2) is 65.9. The van der Waals surface area contributed by atoms with E-state index in [1.54, 1.807) is 0 Å². The maximum absolute atomic E-state index is 3.43. The fourth-order valence-corrected chi connectivity index (χ4v) is 29.4. The molecule has 9 atom stereocenters. The van der Waals surface area contributed by atoms with E-state index >= 15 is 0 Å². The quantitative estimate of drug-likeness (QED) is 0.0482. The first-order valence-corrected chi connectivity index (χ1v) is 62.0. The third kappa shape index (κ3) is 42.3. The van der Waals surface area contributed by atoms with Gasteiger partial charge in [-0.2, -0.15) is 0 Å². The Bertz CT molecular complexity index is 2650. The van der Waals surface area contributed by atoms with Crippen molar-refractivity contribution in [3.05, 3.63) is 0 Å². The highest BCUT2D eigenvalue weighted by molar-refractivity contribution is 4.93. The summed E-state index contributed by atoms with van der Waals surface area (Å²) in [5.74, 6) is 23.6. The van der Waals surface area contributed by atoms with Gasteiger partial charge in [0.05, 0.1) is 0 Å². The highest BCUT2D eigenvalue weighted by Gasteiger charge is 2.39. The molecule has 18 fully saturated rings. The molecular weight excluding hydrogens is 1650 g/mol. The van der Waals surface area contributed by atoms with E-state index in [1.165, 1.54) is 498 Å². The monoisotopic (exact) mass is 1890 g/mol. The van der Waals surface area contributed by atoms with Gasteiger partial charge >= 0.3 is 0 Å². The largest absolute Gasteiger partial charge is 0.317 e. The summed E-state index contributed by atoms with van der Waals surface area (Å²) < 4.78 is 0. The Morgan fingerprint density at radius 1 is 0.133 bits per heavy atom. The minimum absolute atomic E-state index is 0.804. The van der Waals surface area contributed by atoms with Gasteiger partial charge < -0.3 is 65.4 Å². The molecule has 13 heteroatoms. The summed E-state index contributed by atoms with van der Waals surface area (Å²) in [4.78, 5) is 24.3. The molecule has 0 aromatic carbocycles. The topological polar surface area (TPSA) is 77.3 Å². The van der Waals surface area contributed by atoms with Crippen molar-refractivity contribution in [2.45, 2.75) is 442 Å². The van der Waals surface area contributed by atoms with Crippen LogP contribution in [0.15, 0.2) is 0 Å². The van der Waals surface area contributed by atoms with Crippen LogP contribution >= 0.6 is 0 Å². The lowest BCUT2D eigenvalue weighted by Gasteiger charge is -2.45. The third-order valence-electron chi connectivity index (χ3n) is 41.1. The lowest BCUT2D eigenvalue weighted by Crippen LogP contribution is -2.49. The molecule has 0 aromatic heterocycles. The van der Waals surface area contributed by atoms with Crippen molar-refractivity contribution in [1.82, 2.24) is 65.4 Å². The fourth-order valence-electron chi connectivity index (χ4n) is 29.4. The van der Waals surface area contributed by atoms with Gasteiger partial charge in [-0.15, -0.1) is 0 Å². The zero-order chi connectivity index (χ0) is 96.1. The zero-order valence-electron chi connectivity index (χ0n) is 94.1. The fraction of sp³-hybridized carbons (Fsp3) is 1.00. The molecule has 9 saturated carbocycles. The summed E-state index contributed by atoms with van der Waals surface area (Å²) in [5.41, 5.74) is 0. The lowest BCUT2D eigenvalue weighted by atomic mass is 9.73. The molecule has 0 spiro atoms. The second-order valence-corrected chi connectivity index (χ2v) is 50.8. The van der Waals surface area contributed by atoms with Crippen molar-refractivity contribution >= 4 is 0 Å². The molecule has 0 aromatic rings. The Morgan fingerprint density at radius 3 is 0.548 bits per heavy atom. The number of rotatable bonds is 36. The van der Waals surface area contributed by atoms with Crippen molar-refractivity contribution in [1.29, 1.82) is 0 Å². The van der Waals surface area contributed by atoms with Gasteiger partial charge in [0, 0.05) is 142 Å². The molecule has 18 aliphatic rings. The smallest absolute Gasteiger partial charge is 0.00672 e. The summed E-state index contributed by atoms with van der Waals surface area (Å²) in [6.07, 6.45) is 72.2. The van der Waals surface area contributed by atoms with Crippen molar-refractivity contribution in [2.75, 3.05) is 205 Å². The van der Waals surface area contributed by atoms with E-state index in [0.29, 0.717) is 0 Å². The summed E-state index contributed by atoms with van der Waals surface area (Å²) in [6.45, 7) is 70.1. The molecule has 9 aliphatic carbocycles. The SMILES string of the molecule is CCC1CC(CN2CC(CC)C2)C1.CCC1CC(CN2CCC(CC)C2)C1.CCC1CCC(CN2CCC(CC)C2)CC1.CCC1CCC(CN2CCC(CC)CC2)CC1.CCC1CCN(CC2CC(CC)C2)CC1.CCC1CCN(CC2CCC(NC)C2)C1.CCC1CCN(CC2CCC(NC)C2)CC1.CCC1CN(CC2CCC(NC)C2)C1.CCC1CN(CC2CCC(NC)CC2)C1. The average molecular weight is 1890 g/mol. The molecule has 9 aliphatic heterocycles. The van der Waals surface area contributed by atoms with Crippen LogP contribution in [0.5, 0.6) is 0 Å². The Hall–Kier alpha value is -0.520. The summed E-state index contributed by atoms with van der Waals surface area (Å²) in [6, 6.07) is 3.22. The second-order valence-electron chi connectivity index (χ2n) is 50.8. The molecule has 9 unspecified atom stereocenters. The number of hydrogen-bond donors (Lipinski definition) is 4. The highest BCUT2D eigenvalue weighted by Crippen LogP contribution is 2.43. The molecule has 792 valence electrons. The van der Waals surface area contributed by atoms with Crippen LogP contribution in [0.1, 0.15) is 418 Å². The summed E-state index contributed by atoms with van der Waals surface area (Å²) in [7, 11) is 8.42. The Balaban J connectivity index is 0.000000157. The predicted octanol–water partition coefficient (Wildman–Crippen LogP) is 26.1. The summed E-state index contributed by atoms with van der Waals surface area (Å²) >= 11 is 0. The van der Waals surface area contributed by atoms with Crippen LogP contribution in [0.25, 0.3) is 0 Å². The molecule has 0 radical (unpaired) electrons. The molecular formula is C122H239N13. The first-order valence-electron chi connectivity index (χ1n) is 62.0. The molecule has 4 N–H and O–H groups in total. The van der Waals surface area contributed by atoms with Gasteiger partial charge in [0.2, 0.25) is 0 Å². The van der Waals surface area contributed by atoms with Crippen LogP contribution in [-0.2, 0) is 0 Å². The molecule has 13 nitrogen and oxygen atoms in total. The van der Waals surface area contributed by atoms with Crippen LogP contribution in [-0.4, -0.2) is 273 Å². The maximum Gasteiger partial charge on any atom is 0.00672 e. The van der Waals surface area contributed by atoms with E-state index in [9.17, 15) is 0 Å². The van der Waals surface area contributed by atoms with Crippen molar-refractivity contribution < 1.29 is 0 Å². The van der Waals surface area contributed by atoms with Crippen LogP contribution < -0.4 is 21.3 Å². The Labute approximate surface area is 843 Å².